The van der Waals surface area contributed by atoms with E-state index in [1.165, 1.54) is 12.1 Å². The molecule has 108 valence electrons. The van der Waals surface area contributed by atoms with Gasteiger partial charge in [-0.3, -0.25) is 4.79 Å². The van der Waals surface area contributed by atoms with Gasteiger partial charge in [0.05, 0.1) is 6.54 Å². The number of nitrogens with one attached hydrogen (secondary N) is 2. The highest BCUT2D eigenvalue weighted by atomic mass is 19.1. The van der Waals surface area contributed by atoms with Crippen LogP contribution in [0.4, 0.5) is 4.39 Å². The van der Waals surface area contributed by atoms with Gasteiger partial charge in [-0.25, -0.2) is 14.2 Å². The molecule has 0 saturated heterocycles. The molecule has 0 bridgehead atoms. The molecular weight excluding hydrogens is 277 g/mol. The number of nitrogens with zero attached hydrogens (tertiary/aromatic N) is 1. The van der Waals surface area contributed by atoms with Crippen LogP contribution < -0.4 is 5.32 Å². The monoisotopic (exact) mass is 289 g/mol. The van der Waals surface area contributed by atoms with E-state index in [4.69, 9.17) is 5.11 Å². The number of carboxylic acids is 1. The first-order chi connectivity index (χ1) is 10.1. The van der Waals surface area contributed by atoms with Gasteiger partial charge in [-0.1, -0.05) is 6.07 Å². The Bertz CT molecular complexity index is 681. The molecule has 2 rings (SSSR count). The van der Waals surface area contributed by atoms with Crippen LogP contribution >= 0.6 is 0 Å². The average Bonchev–Trinajstić information content (AvgIpc) is 2.96. The lowest BCUT2D eigenvalue weighted by Crippen LogP contribution is -2.23. The second kappa shape index (κ2) is 6.47. The topological polar surface area (TPSA) is 95.1 Å². The first-order valence-corrected chi connectivity index (χ1v) is 6.03. The minimum Gasteiger partial charge on any atom is -0.478 e. The molecule has 0 radical (unpaired) electrons. The molecule has 2 aromatic rings. The lowest BCUT2D eigenvalue weighted by Gasteiger charge is -2.05. The lowest BCUT2D eigenvalue weighted by atomic mass is 10.1. The Kier molecular flexibility index (Phi) is 4.45. The summed E-state index contributed by atoms with van der Waals surface area (Å²) in [5, 5.41) is 11.1. The molecular formula is C14H12FN3O3. The number of aromatic nitrogens is 2. The van der Waals surface area contributed by atoms with Crippen molar-refractivity contribution in [2.45, 2.75) is 6.54 Å². The number of hydrogen-bond donors (Lipinski definition) is 3. The fourth-order valence-electron chi connectivity index (χ4n) is 1.63. The van der Waals surface area contributed by atoms with E-state index in [9.17, 15) is 14.0 Å². The number of rotatable bonds is 5. The van der Waals surface area contributed by atoms with Crippen molar-refractivity contribution in [3.05, 3.63) is 59.4 Å². The number of carboxylic acid groups (broad SMARTS) is 1. The minimum atomic E-state index is -1.17. The Morgan fingerprint density at radius 2 is 2.24 bits per heavy atom. The molecule has 0 atom stereocenters. The zero-order valence-electron chi connectivity index (χ0n) is 10.8. The van der Waals surface area contributed by atoms with Crippen LogP contribution in [0.5, 0.6) is 0 Å². The van der Waals surface area contributed by atoms with Gasteiger partial charge in [-0.05, 0) is 18.2 Å². The molecule has 0 aliphatic rings. The maximum atomic E-state index is 13.7. The summed E-state index contributed by atoms with van der Waals surface area (Å²) in [7, 11) is 0. The van der Waals surface area contributed by atoms with Crippen molar-refractivity contribution in [1.29, 1.82) is 0 Å². The van der Waals surface area contributed by atoms with Crippen molar-refractivity contribution >= 4 is 18.0 Å². The van der Waals surface area contributed by atoms with Crippen molar-refractivity contribution < 1.29 is 19.1 Å². The maximum absolute atomic E-state index is 13.7. The highest BCUT2D eigenvalue weighted by Crippen LogP contribution is 2.12. The maximum Gasteiger partial charge on any atom is 0.328 e. The van der Waals surface area contributed by atoms with E-state index in [0.717, 1.165) is 18.2 Å². The molecule has 1 aromatic heterocycles. The molecule has 0 spiro atoms. The number of amides is 1. The van der Waals surface area contributed by atoms with Gasteiger partial charge < -0.3 is 15.4 Å². The molecule has 6 nitrogen and oxygen atoms in total. The first-order valence-electron chi connectivity index (χ1n) is 6.03. The Hall–Kier alpha value is -2.96. The molecule has 21 heavy (non-hydrogen) atoms. The summed E-state index contributed by atoms with van der Waals surface area (Å²) in [5.41, 5.74) is 0.242. The molecule has 7 heteroatoms. The first kappa shape index (κ1) is 14.4. The van der Waals surface area contributed by atoms with E-state index in [0.29, 0.717) is 5.82 Å². The smallest absolute Gasteiger partial charge is 0.328 e. The number of benzene rings is 1. The quantitative estimate of drug-likeness (QED) is 0.728. The summed E-state index contributed by atoms with van der Waals surface area (Å²) in [6, 6.07) is 3.82. The summed E-state index contributed by atoms with van der Waals surface area (Å²) >= 11 is 0. The zero-order chi connectivity index (χ0) is 15.2. The molecule has 0 unspecified atom stereocenters. The van der Waals surface area contributed by atoms with Crippen molar-refractivity contribution in [2.24, 2.45) is 0 Å². The largest absolute Gasteiger partial charge is 0.478 e. The summed E-state index contributed by atoms with van der Waals surface area (Å²) < 4.78 is 13.7. The second-order valence-electron chi connectivity index (χ2n) is 4.13. The average molecular weight is 289 g/mol. The molecule has 1 heterocycles. The van der Waals surface area contributed by atoms with Crippen LogP contribution in [-0.2, 0) is 11.3 Å². The molecule has 1 amide bonds. The summed E-state index contributed by atoms with van der Waals surface area (Å²) in [4.78, 5) is 29.0. The van der Waals surface area contributed by atoms with Gasteiger partial charge in [-0.15, -0.1) is 0 Å². The highest BCUT2D eigenvalue weighted by molar-refractivity contribution is 5.94. The van der Waals surface area contributed by atoms with Crippen molar-refractivity contribution in [1.82, 2.24) is 15.3 Å². The third-order valence-corrected chi connectivity index (χ3v) is 2.64. The van der Waals surface area contributed by atoms with Gasteiger partial charge in [-0.2, -0.15) is 0 Å². The number of imidazole rings is 1. The standard InChI is InChI=1S/C14H12FN3O3/c15-11-7-10(2-1-9(11)3-4-13(19)20)14(21)18-8-12-16-5-6-17-12/h1-7H,8H2,(H,16,17)(H,18,21)(H,19,20). The Balaban J connectivity index is 2.05. The normalized spacial score (nSPS) is 10.7. The number of carbonyl (C=O) groups is 2. The van der Waals surface area contributed by atoms with E-state index in [-0.39, 0.29) is 17.7 Å². The lowest BCUT2D eigenvalue weighted by molar-refractivity contribution is -0.131. The Morgan fingerprint density at radius 1 is 1.43 bits per heavy atom. The summed E-state index contributed by atoms with van der Waals surface area (Å²) in [6.07, 6.45) is 5.15. The van der Waals surface area contributed by atoms with Crippen molar-refractivity contribution in [3.63, 3.8) is 0 Å². The van der Waals surface area contributed by atoms with Crippen LogP contribution in [-0.4, -0.2) is 27.0 Å². The van der Waals surface area contributed by atoms with Gasteiger partial charge in [0.15, 0.2) is 0 Å². The summed E-state index contributed by atoms with van der Waals surface area (Å²) in [6.45, 7) is 0.203. The van der Waals surface area contributed by atoms with Gasteiger partial charge in [0.2, 0.25) is 0 Å². The van der Waals surface area contributed by atoms with Crippen LogP contribution in [0.1, 0.15) is 21.7 Å². The molecule has 0 fully saturated rings. The fourth-order valence-corrected chi connectivity index (χ4v) is 1.63. The molecule has 0 aliphatic heterocycles. The van der Waals surface area contributed by atoms with E-state index in [1.54, 1.807) is 12.4 Å². The van der Waals surface area contributed by atoms with Crippen LogP contribution in [0.25, 0.3) is 6.08 Å². The van der Waals surface area contributed by atoms with Crippen molar-refractivity contribution in [3.8, 4) is 0 Å². The molecule has 3 N–H and O–H groups in total. The number of hydrogen-bond acceptors (Lipinski definition) is 3. The van der Waals surface area contributed by atoms with Crippen LogP contribution in [0, 0.1) is 5.82 Å². The molecule has 0 saturated carbocycles. The third kappa shape index (κ3) is 4.00. The van der Waals surface area contributed by atoms with Crippen LogP contribution in [0.3, 0.4) is 0 Å². The highest BCUT2D eigenvalue weighted by Gasteiger charge is 2.09. The molecule has 1 aromatic carbocycles. The zero-order valence-corrected chi connectivity index (χ0v) is 10.8. The number of aliphatic carboxylic acids is 1. The van der Waals surface area contributed by atoms with Crippen LogP contribution in [0.2, 0.25) is 0 Å². The predicted octanol–water partition coefficient (Wildman–Crippen LogP) is 1.58. The van der Waals surface area contributed by atoms with Crippen LogP contribution in [0.15, 0.2) is 36.7 Å². The van der Waals surface area contributed by atoms with Crippen molar-refractivity contribution in [2.75, 3.05) is 0 Å². The Labute approximate surface area is 119 Å². The third-order valence-electron chi connectivity index (χ3n) is 2.64. The van der Waals surface area contributed by atoms with Gasteiger partial charge in [0.1, 0.15) is 11.6 Å². The number of H-pyrrole nitrogens is 1. The molecule has 0 aliphatic carbocycles. The number of carbonyl (C=O) groups excluding carboxylic acids is 1. The van der Waals surface area contributed by atoms with Gasteiger partial charge in [0, 0.05) is 29.6 Å². The van der Waals surface area contributed by atoms with E-state index >= 15 is 0 Å². The Morgan fingerprint density at radius 3 is 2.86 bits per heavy atom. The van der Waals surface area contributed by atoms with E-state index in [2.05, 4.69) is 15.3 Å². The fraction of sp³-hybridized carbons (Fsp3) is 0.0714. The SMILES string of the molecule is O=C(O)C=Cc1ccc(C(=O)NCc2ncc[nH]2)cc1F. The van der Waals surface area contributed by atoms with Gasteiger partial charge in [0.25, 0.3) is 5.91 Å². The number of halogens is 1. The van der Waals surface area contributed by atoms with E-state index in [1.807, 2.05) is 0 Å². The number of aromatic amines is 1. The predicted molar refractivity (Wildman–Crippen MR) is 72.8 cm³/mol. The second-order valence-corrected chi connectivity index (χ2v) is 4.13. The van der Waals surface area contributed by atoms with E-state index < -0.39 is 17.7 Å². The van der Waals surface area contributed by atoms with Gasteiger partial charge >= 0.3 is 5.97 Å². The minimum absolute atomic E-state index is 0.0972. The summed E-state index contributed by atoms with van der Waals surface area (Å²) in [5.74, 6) is -1.70.